The van der Waals surface area contributed by atoms with E-state index in [2.05, 4.69) is 15.2 Å². The molecule has 4 N–H and O–H groups in total. The molecule has 7 nitrogen and oxygen atoms in total. The Labute approximate surface area is 92.7 Å². The molecule has 1 fully saturated rings. The highest BCUT2D eigenvalue weighted by atomic mass is 16.3. The summed E-state index contributed by atoms with van der Waals surface area (Å²) in [5.41, 5.74) is 5.32. The third-order valence-corrected chi connectivity index (χ3v) is 2.91. The van der Waals surface area contributed by atoms with Crippen LogP contribution in [0.4, 0.5) is 5.95 Å². The molecule has 0 aromatic carbocycles. The van der Waals surface area contributed by atoms with E-state index in [1.54, 1.807) is 4.90 Å². The van der Waals surface area contributed by atoms with Crippen LogP contribution in [0.25, 0.3) is 0 Å². The van der Waals surface area contributed by atoms with Gasteiger partial charge in [0, 0.05) is 13.1 Å². The second-order valence-electron chi connectivity index (χ2n) is 4.13. The predicted molar refractivity (Wildman–Crippen MR) is 56.5 cm³/mol. The van der Waals surface area contributed by atoms with Gasteiger partial charge in [-0.05, 0) is 12.3 Å². The summed E-state index contributed by atoms with van der Waals surface area (Å²) in [7, 11) is 0. The van der Waals surface area contributed by atoms with Crippen molar-refractivity contribution in [2.75, 3.05) is 18.8 Å². The number of aliphatic hydroxyl groups is 1. The molecule has 2 heterocycles. The topological polar surface area (TPSA) is 108 Å². The van der Waals surface area contributed by atoms with E-state index in [1.807, 2.05) is 6.92 Å². The number of carbonyl (C=O) groups excluding carboxylic acids is 1. The number of carbonyl (C=O) groups is 1. The van der Waals surface area contributed by atoms with Crippen LogP contribution in [0.5, 0.6) is 0 Å². The largest absolute Gasteiger partial charge is 0.391 e. The van der Waals surface area contributed by atoms with Crippen molar-refractivity contribution in [2.45, 2.75) is 19.4 Å². The number of likely N-dealkylation sites (tertiary alicyclic amines) is 1. The smallest absolute Gasteiger partial charge is 0.291 e. The number of aromatic amines is 1. The highest BCUT2D eigenvalue weighted by Gasteiger charge is 2.29. The number of hydrogen-bond donors (Lipinski definition) is 3. The maximum Gasteiger partial charge on any atom is 0.291 e. The van der Waals surface area contributed by atoms with E-state index in [0.29, 0.717) is 13.1 Å². The standard InChI is InChI=1S/C9H15N5O2/c1-5-2-3-14(4-6(5)15)8(16)7-11-9(10)13-12-7/h5-6,15H,2-4H2,1H3,(H3,10,11,12,13). The fraction of sp³-hybridized carbons (Fsp3) is 0.667. The normalized spacial score (nSPS) is 25.8. The van der Waals surface area contributed by atoms with E-state index in [-0.39, 0.29) is 23.6 Å². The van der Waals surface area contributed by atoms with E-state index in [1.165, 1.54) is 0 Å². The Morgan fingerprint density at radius 1 is 1.69 bits per heavy atom. The van der Waals surface area contributed by atoms with Crippen LogP contribution in [-0.2, 0) is 0 Å². The molecule has 16 heavy (non-hydrogen) atoms. The Balaban J connectivity index is 2.06. The number of anilines is 1. The van der Waals surface area contributed by atoms with Crippen molar-refractivity contribution >= 4 is 11.9 Å². The number of β-amino-alcohol motifs (C(OH)–C–C–N with tert-alkyl or cyclic N) is 1. The van der Waals surface area contributed by atoms with Crippen LogP contribution in [0.3, 0.4) is 0 Å². The molecular weight excluding hydrogens is 210 g/mol. The Hall–Kier alpha value is -1.63. The molecule has 88 valence electrons. The molecule has 0 spiro atoms. The summed E-state index contributed by atoms with van der Waals surface area (Å²) >= 11 is 0. The minimum atomic E-state index is -0.474. The number of piperidine rings is 1. The van der Waals surface area contributed by atoms with Crippen molar-refractivity contribution in [2.24, 2.45) is 5.92 Å². The van der Waals surface area contributed by atoms with Gasteiger partial charge in [0.15, 0.2) is 0 Å². The predicted octanol–water partition coefficient (Wildman–Crippen LogP) is -0.770. The first-order chi connectivity index (χ1) is 7.58. The molecule has 2 unspecified atom stereocenters. The number of nitrogens with zero attached hydrogens (tertiary/aromatic N) is 3. The van der Waals surface area contributed by atoms with E-state index in [4.69, 9.17) is 5.73 Å². The number of nitrogens with one attached hydrogen (secondary N) is 1. The third kappa shape index (κ3) is 1.99. The first kappa shape index (κ1) is 10.9. The van der Waals surface area contributed by atoms with E-state index in [9.17, 15) is 9.90 Å². The quantitative estimate of drug-likeness (QED) is 0.581. The zero-order valence-electron chi connectivity index (χ0n) is 9.05. The number of nitrogens with two attached hydrogens (primary N) is 1. The minimum Gasteiger partial charge on any atom is -0.391 e. The van der Waals surface area contributed by atoms with E-state index < -0.39 is 6.10 Å². The van der Waals surface area contributed by atoms with Crippen LogP contribution in [0.15, 0.2) is 0 Å². The average molecular weight is 225 g/mol. The lowest BCUT2D eigenvalue weighted by molar-refractivity contribution is 0.0242. The summed E-state index contributed by atoms with van der Waals surface area (Å²) in [6.45, 7) is 2.93. The zero-order valence-corrected chi connectivity index (χ0v) is 9.05. The van der Waals surface area contributed by atoms with Crippen LogP contribution in [0.2, 0.25) is 0 Å². The Bertz CT molecular complexity index is 391. The van der Waals surface area contributed by atoms with E-state index in [0.717, 1.165) is 6.42 Å². The first-order valence-electron chi connectivity index (χ1n) is 5.23. The summed E-state index contributed by atoms with van der Waals surface area (Å²) in [6, 6.07) is 0. The number of aromatic nitrogens is 3. The fourth-order valence-corrected chi connectivity index (χ4v) is 1.75. The van der Waals surface area contributed by atoms with Crippen molar-refractivity contribution in [3.05, 3.63) is 5.82 Å². The second kappa shape index (κ2) is 4.09. The SMILES string of the molecule is CC1CCN(C(=O)c2nc(N)n[nH]2)CC1O. The molecule has 1 amide bonds. The maximum atomic E-state index is 11.9. The van der Waals surface area contributed by atoms with Gasteiger partial charge in [0.05, 0.1) is 6.10 Å². The molecule has 2 rings (SSSR count). The van der Waals surface area contributed by atoms with Crippen LogP contribution in [-0.4, -0.2) is 50.3 Å². The number of nitrogen functional groups attached to an aromatic ring is 1. The number of H-pyrrole nitrogens is 1. The fourth-order valence-electron chi connectivity index (χ4n) is 1.75. The van der Waals surface area contributed by atoms with Crippen LogP contribution < -0.4 is 5.73 Å². The Kier molecular flexibility index (Phi) is 2.78. The van der Waals surface area contributed by atoms with Gasteiger partial charge in [-0.15, -0.1) is 5.10 Å². The molecule has 0 saturated carbocycles. The zero-order chi connectivity index (χ0) is 11.7. The summed E-state index contributed by atoms with van der Waals surface area (Å²) in [4.78, 5) is 17.2. The monoisotopic (exact) mass is 225 g/mol. The Morgan fingerprint density at radius 2 is 2.44 bits per heavy atom. The van der Waals surface area contributed by atoms with Gasteiger partial charge in [-0.3, -0.25) is 9.89 Å². The molecule has 1 aromatic heterocycles. The lowest BCUT2D eigenvalue weighted by atomic mass is 9.96. The molecule has 2 atom stereocenters. The van der Waals surface area contributed by atoms with Gasteiger partial charge in [0.25, 0.3) is 5.91 Å². The maximum absolute atomic E-state index is 11.9. The van der Waals surface area contributed by atoms with Gasteiger partial charge < -0.3 is 15.7 Å². The first-order valence-corrected chi connectivity index (χ1v) is 5.23. The Morgan fingerprint density at radius 3 is 3.00 bits per heavy atom. The minimum absolute atomic E-state index is 0.0503. The van der Waals surface area contributed by atoms with E-state index >= 15 is 0 Å². The van der Waals surface area contributed by atoms with Crippen LogP contribution in [0, 0.1) is 5.92 Å². The number of aliphatic hydroxyl groups excluding tert-OH is 1. The highest BCUT2D eigenvalue weighted by Crippen LogP contribution is 2.18. The summed E-state index contributed by atoms with van der Waals surface area (Å²) in [6.07, 6.45) is 0.314. The van der Waals surface area contributed by atoms with Gasteiger partial charge in [-0.2, -0.15) is 4.98 Å². The van der Waals surface area contributed by atoms with Crippen molar-refractivity contribution in [1.29, 1.82) is 0 Å². The van der Waals surface area contributed by atoms with Crippen molar-refractivity contribution < 1.29 is 9.90 Å². The lowest BCUT2D eigenvalue weighted by Crippen LogP contribution is -2.46. The van der Waals surface area contributed by atoms with Crippen LogP contribution >= 0.6 is 0 Å². The van der Waals surface area contributed by atoms with Gasteiger partial charge in [0.1, 0.15) is 0 Å². The second-order valence-corrected chi connectivity index (χ2v) is 4.13. The third-order valence-electron chi connectivity index (χ3n) is 2.91. The van der Waals surface area contributed by atoms with Gasteiger partial charge in [0.2, 0.25) is 11.8 Å². The average Bonchev–Trinajstić information content (AvgIpc) is 2.68. The van der Waals surface area contributed by atoms with Gasteiger partial charge >= 0.3 is 0 Å². The molecule has 7 heteroatoms. The summed E-state index contributed by atoms with van der Waals surface area (Å²) in [5.74, 6) is 0.132. The van der Waals surface area contributed by atoms with Gasteiger partial charge in [-0.1, -0.05) is 6.92 Å². The molecule has 0 aliphatic carbocycles. The van der Waals surface area contributed by atoms with Gasteiger partial charge in [-0.25, -0.2) is 0 Å². The molecule has 1 aliphatic heterocycles. The van der Waals surface area contributed by atoms with Crippen molar-refractivity contribution in [3.63, 3.8) is 0 Å². The summed E-state index contributed by atoms with van der Waals surface area (Å²) < 4.78 is 0. The molecule has 1 aliphatic rings. The number of hydrogen-bond acceptors (Lipinski definition) is 5. The molecule has 0 radical (unpaired) electrons. The molecule has 1 aromatic rings. The van der Waals surface area contributed by atoms with Crippen molar-refractivity contribution in [3.8, 4) is 0 Å². The molecular formula is C9H15N5O2. The molecule has 0 bridgehead atoms. The number of rotatable bonds is 1. The lowest BCUT2D eigenvalue weighted by Gasteiger charge is -2.33. The summed E-state index contributed by atoms with van der Waals surface area (Å²) in [5, 5.41) is 15.8. The number of amides is 1. The molecule has 1 saturated heterocycles. The highest BCUT2D eigenvalue weighted by molar-refractivity contribution is 5.90. The van der Waals surface area contributed by atoms with Crippen LogP contribution in [0.1, 0.15) is 24.0 Å². The van der Waals surface area contributed by atoms with Crippen molar-refractivity contribution in [1.82, 2.24) is 20.1 Å².